The molecule has 1 saturated carbocycles. The van der Waals surface area contributed by atoms with Gasteiger partial charge in [-0.3, -0.25) is 0 Å². The number of nitrogens with zero attached hydrogens (tertiary/aromatic N) is 1. The largest absolute Gasteiger partial charge is 0.478 e. The van der Waals surface area contributed by atoms with Crippen LogP contribution in [0.15, 0.2) is 12.1 Å². The molecule has 1 aromatic rings. The molecule has 1 aromatic heterocycles. The molecule has 1 heterocycles. The number of hydrogen-bond acceptors (Lipinski definition) is 2. The molecule has 0 atom stereocenters. The maximum absolute atomic E-state index is 5.78. The standard InChI is InChI=1S/C13H18ClNO/c1-10-12(9-14)5-6-13(15-10)16-8-7-11-3-2-4-11/h5-6,11H,2-4,7-9H2,1H3. The summed E-state index contributed by atoms with van der Waals surface area (Å²) >= 11 is 5.78. The van der Waals surface area contributed by atoms with Gasteiger partial charge in [-0.15, -0.1) is 11.6 Å². The van der Waals surface area contributed by atoms with E-state index in [1.54, 1.807) is 0 Å². The molecule has 0 saturated heterocycles. The van der Waals surface area contributed by atoms with E-state index in [1.165, 1.54) is 19.3 Å². The monoisotopic (exact) mass is 239 g/mol. The van der Waals surface area contributed by atoms with Crippen molar-refractivity contribution in [2.45, 2.75) is 38.5 Å². The number of hydrogen-bond donors (Lipinski definition) is 0. The Morgan fingerprint density at radius 1 is 1.44 bits per heavy atom. The first-order valence-corrected chi connectivity index (χ1v) is 6.48. The average Bonchev–Trinajstić information content (AvgIpc) is 2.22. The van der Waals surface area contributed by atoms with E-state index in [4.69, 9.17) is 16.3 Å². The van der Waals surface area contributed by atoms with E-state index in [0.717, 1.165) is 36.1 Å². The van der Waals surface area contributed by atoms with E-state index in [-0.39, 0.29) is 0 Å². The fraction of sp³-hybridized carbons (Fsp3) is 0.615. The van der Waals surface area contributed by atoms with Crippen molar-refractivity contribution in [1.29, 1.82) is 0 Å². The van der Waals surface area contributed by atoms with Gasteiger partial charge in [0.2, 0.25) is 5.88 Å². The topological polar surface area (TPSA) is 22.1 Å². The first-order valence-electron chi connectivity index (χ1n) is 5.95. The predicted octanol–water partition coefficient (Wildman–Crippen LogP) is 3.70. The van der Waals surface area contributed by atoms with E-state index in [0.29, 0.717) is 5.88 Å². The Morgan fingerprint density at radius 3 is 2.81 bits per heavy atom. The second-order valence-electron chi connectivity index (χ2n) is 4.46. The lowest BCUT2D eigenvalue weighted by Gasteiger charge is -2.24. The third-order valence-corrected chi connectivity index (χ3v) is 3.60. The summed E-state index contributed by atoms with van der Waals surface area (Å²) in [6, 6.07) is 3.90. The van der Waals surface area contributed by atoms with Gasteiger partial charge in [0.25, 0.3) is 0 Å². The molecule has 0 bridgehead atoms. The second kappa shape index (κ2) is 5.53. The third-order valence-electron chi connectivity index (χ3n) is 3.31. The Morgan fingerprint density at radius 2 is 2.25 bits per heavy atom. The van der Waals surface area contributed by atoms with Crippen molar-refractivity contribution >= 4 is 11.6 Å². The molecule has 0 aliphatic heterocycles. The molecule has 3 heteroatoms. The normalized spacial score (nSPS) is 15.9. The Kier molecular flexibility index (Phi) is 4.05. The predicted molar refractivity (Wildman–Crippen MR) is 66.0 cm³/mol. The Hall–Kier alpha value is -0.760. The number of halogens is 1. The van der Waals surface area contributed by atoms with Crippen LogP contribution in [-0.4, -0.2) is 11.6 Å². The van der Waals surface area contributed by atoms with Crippen LogP contribution in [0, 0.1) is 12.8 Å². The quantitative estimate of drug-likeness (QED) is 0.731. The zero-order valence-corrected chi connectivity index (χ0v) is 10.5. The van der Waals surface area contributed by atoms with E-state index in [1.807, 2.05) is 19.1 Å². The van der Waals surface area contributed by atoms with E-state index >= 15 is 0 Å². The molecular formula is C13H18ClNO. The van der Waals surface area contributed by atoms with Gasteiger partial charge in [0.15, 0.2) is 0 Å². The minimum Gasteiger partial charge on any atom is -0.478 e. The molecule has 0 aromatic carbocycles. The van der Waals surface area contributed by atoms with Gasteiger partial charge in [-0.25, -0.2) is 4.98 Å². The van der Waals surface area contributed by atoms with Gasteiger partial charge in [0.1, 0.15) is 0 Å². The Balaban J connectivity index is 1.81. The number of aromatic nitrogens is 1. The molecule has 88 valence electrons. The lowest BCUT2D eigenvalue weighted by molar-refractivity contribution is 0.217. The third kappa shape index (κ3) is 2.88. The maximum atomic E-state index is 5.78. The highest BCUT2D eigenvalue weighted by Crippen LogP contribution is 2.29. The van der Waals surface area contributed by atoms with Gasteiger partial charge in [-0.1, -0.05) is 25.3 Å². The van der Waals surface area contributed by atoms with Crippen LogP contribution in [0.4, 0.5) is 0 Å². The molecular weight excluding hydrogens is 222 g/mol. The van der Waals surface area contributed by atoms with Crippen molar-refractivity contribution in [3.8, 4) is 5.88 Å². The maximum Gasteiger partial charge on any atom is 0.213 e. The smallest absolute Gasteiger partial charge is 0.213 e. The van der Waals surface area contributed by atoms with Crippen LogP contribution in [0.2, 0.25) is 0 Å². The molecule has 16 heavy (non-hydrogen) atoms. The van der Waals surface area contributed by atoms with Gasteiger partial charge in [0, 0.05) is 17.6 Å². The van der Waals surface area contributed by atoms with Crippen LogP contribution < -0.4 is 4.74 Å². The van der Waals surface area contributed by atoms with Crippen LogP contribution in [0.1, 0.15) is 36.9 Å². The van der Waals surface area contributed by atoms with Crippen molar-refractivity contribution in [1.82, 2.24) is 4.98 Å². The number of alkyl halides is 1. The summed E-state index contributed by atoms with van der Waals surface area (Å²) < 4.78 is 5.64. The van der Waals surface area contributed by atoms with Crippen LogP contribution >= 0.6 is 11.6 Å². The summed E-state index contributed by atoms with van der Waals surface area (Å²) in [6.45, 7) is 2.76. The molecule has 1 aliphatic rings. The Bertz CT molecular complexity index is 350. The van der Waals surface area contributed by atoms with Crippen LogP contribution in [0.25, 0.3) is 0 Å². The summed E-state index contributed by atoms with van der Waals surface area (Å²) in [6.07, 6.45) is 5.31. The van der Waals surface area contributed by atoms with Crippen LogP contribution in [0.5, 0.6) is 5.88 Å². The summed E-state index contributed by atoms with van der Waals surface area (Å²) in [7, 11) is 0. The minimum absolute atomic E-state index is 0.515. The van der Waals surface area contributed by atoms with Crippen molar-refractivity contribution in [3.05, 3.63) is 23.4 Å². The number of rotatable bonds is 5. The second-order valence-corrected chi connectivity index (χ2v) is 4.73. The van der Waals surface area contributed by atoms with E-state index < -0.39 is 0 Å². The zero-order chi connectivity index (χ0) is 11.4. The van der Waals surface area contributed by atoms with Crippen LogP contribution in [-0.2, 0) is 5.88 Å². The number of ether oxygens (including phenoxy) is 1. The van der Waals surface area contributed by atoms with Crippen molar-refractivity contribution in [3.63, 3.8) is 0 Å². The van der Waals surface area contributed by atoms with Gasteiger partial charge in [-0.05, 0) is 24.8 Å². The molecule has 0 unspecified atom stereocenters. The molecule has 1 fully saturated rings. The lowest BCUT2D eigenvalue weighted by Crippen LogP contribution is -2.14. The minimum atomic E-state index is 0.515. The molecule has 2 rings (SSSR count). The Labute approximate surface area is 102 Å². The van der Waals surface area contributed by atoms with Crippen molar-refractivity contribution in [2.24, 2.45) is 5.92 Å². The molecule has 0 amide bonds. The first-order chi connectivity index (χ1) is 7.79. The highest BCUT2D eigenvalue weighted by Gasteiger charge is 2.16. The summed E-state index contributed by atoms with van der Waals surface area (Å²) in [4.78, 5) is 4.38. The molecule has 0 N–H and O–H groups in total. The molecule has 0 radical (unpaired) electrons. The van der Waals surface area contributed by atoms with Gasteiger partial charge in [-0.2, -0.15) is 0 Å². The summed E-state index contributed by atoms with van der Waals surface area (Å²) in [5.41, 5.74) is 2.05. The SMILES string of the molecule is Cc1nc(OCCC2CCC2)ccc1CCl. The lowest BCUT2D eigenvalue weighted by atomic mass is 9.83. The highest BCUT2D eigenvalue weighted by atomic mass is 35.5. The van der Waals surface area contributed by atoms with Gasteiger partial charge < -0.3 is 4.74 Å². The highest BCUT2D eigenvalue weighted by molar-refractivity contribution is 6.17. The van der Waals surface area contributed by atoms with Gasteiger partial charge >= 0.3 is 0 Å². The zero-order valence-electron chi connectivity index (χ0n) is 9.71. The number of pyridine rings is 1. The van der Waals surface area contributed by atoms with E-state index in [9.17, 15) is 0 Å². The van der Waals surface area contributed by atoms with Crippen molar-refractivity contribution < 1.29 is 4.74 Å². The van der Waals surface area contributed by atoms with Crippen LogP contribution in [0.3, 0.4) is 0 Å². The van der Waals surface area contributed by atoms with E-state index in [2.05, 4.69) is 4.98 Å². The summed E-state index contributed by atoms with van der Waals surface area (Å²) in [5.74, 6) is 2.13. The first kappa shape index (κ1) is 11.7. The summed E-state index contributed by atoms with van der Waals surface area (Å²) in [5, 5.41) is 0. The number of aryl methyl sites for hydroxylation is 1. The van der Waals surface area contributed by atoms with Gasteiger partial charge in [0.05, 0.1) is 6.61 Å². The molecule has 1 aliphatic carbocycles. The van der Waals surface area contributed by atoms with Crippen molar-refractivity contribution in [2.75, 3.05) is 6.61 Å². The molecule has 0 spiro atoms. The fourth-order valence-electron chi connectivity index (χ4n) is 1.90. The fourth-order valence-corrected chi connectivity index (χ4v) is 2.18. The molecule has 2 nitrogen and oxygen atoms in total. The average molecular weight is 240 g/mol.